The zero-order valence-corrected chi connectivity index (χ0v) is 18.3. The standard InChI is InChI=1S/C25H28N4O3/c1-17(2)14-22(20-10-8-19(9-11-20)18-6-4-3-5-7-18)29-25-27-15-21(16-28-25)24(32)26-13-12-23(30)31/h3-11,15-17,22H,12-14H2,1-2H3,(H,26,32)(H,30,31)(H,27,28,29). The number of rotatable bonds is 10. The Morgan fingerprint density at radius 2 is 1.56 bits per heavy atom. The van der Waals surface area contributed by atoms with Crippen molar-refractivity contribution in [2.75, 3.05) is 11.9 Å². The van der Waals surface area contributed by atoms with Gasteiger partial charge in [0.15, 0.2) is 0 Å². The van der Waals surface area contributed by atoms with E-state index >= 15 is 0 Å². The smallest absolute Gasteiger partial charge is 0.305 e. The largest absolute Gasteiger partial charge is 0.481 e. The topological polar surface area (TPSA) is 104 Å². The van der Waals surface area contributed by atoms with Gasteiger partial charge in [-0.25, -0.2) is 9.97 Å². The first kappa shape index (κ1) is 22.9. The van der Waals surface area contributed by atoms with Gasteiger partial charge in [0.05, 0.1) is 18.0 Å². The van der Waals surface area contributed by atoms with Crippen LogP contribution in [0.1, 0.15) is 48.7 Å². The number of carboxylic acid groups (broad SMARTS) is 1. The lowest BCUT2D eigenvalue weighted by Gasteiger charge is -2.21. The molecule has 7 heteroatoms. The van der Waals surface area contributed by atoms with Gasteiger partial charge in [-0.3, -0.25) is 9.59 Å². The number of hydrogen-bond donors (Lipinski definition) is 3. The van der Waals surface area contributed by atoms with Crippen molar-refractivity contribution >= 4 is 17.8 Å². The molecule has 3 aromatic rings. The van der Waals surface area contributed by atoms with Gasteiger partial charge in [-0.15, -0.1) is 0 Å². The number of carboxylic acids is 1. The van der Waals surface area contributed by atoms with Gasteiger partial charge < -0.3 is 15.7 Å². The van der Waals surface area contributed by atoms with E-state index in [0.29, 0.717) is 11.9 Å². The summed E-state index contributed by atoms with van der Waals surface area (Å²) in [5.74, 6) is -0.465. The van der Waals surface area contributed by atoms with E-state index < -0.39 is 11.9 Å². The van der Waals surface area contributed by atoms with Crippen molar-refractivity contribution in [3.63, 3.8) is 0 Å². The molecule has 0 saturated carbocycles. The fourth-order valence-electron chi connectivity index (χ4n) is 3.35. The summed E-state index contributed by atoms with van der Waals surface area (Å²) in [6, 6.07) is 18.7. The maximum absolute atomic E-state index is 12.1. The molecule has 0 aliphatic rings. The molecule has 32 heavy (non-hydrogen) atoms. The number of nitrogens with zero attached hydrogens (tertiary/aromatic N) is 2. The van der Waals surface area contributed by atoms with E-state index in [4.69, 9.17) is 5.11 Å². The molecule has 1 heterocycles. The number of carbonyl (C=O) groups excluding carboxylic acids is 1. The van der Waals surface area contributed by atoms with Gasteiger partial charge >= 0.3 is 5.97 Å². The molecule has 0 bridgehead atoms. The maximum Gasteiger partial charge on any atom is 0.305 e. The van der Waals surface area contributed by atoms with E-state index in [0.717, 1.165) is 17.5 Å². The van der Waals surface area contributed by atoms with E-state index in [9.17, 15) is 9.59 Å². The van der Waals surface area contributed by atoms with Crippen LogP contribution in [0.15, 0.2) is 67.0 Å². The summed E-state index contributed by atoms with van der Waals surface area (Å²) in [6.07, 6.45) is 3.64. The number of nitrogens with one attached hydrogen (secondary N) is 2. The van der Waals surface area contributed by atoms with Crippen molar-refractivity contribution in [2.45, 2.75) is 32.7 Å². The highest BCUT2D eigenvalue weighted by Crippen LogP contribution is 2.27. The minimum Gasteiger partial charge on any atom is -0.481 e. The van der Waals surface area contributed by atoms with Gasteiger partial charge in [0.2, 0.25) is 5.95 Å². The van der Waals surface area contributed by atoms with Gasteiger partial charge in [0.1, 0.15) is 0 Å². The first-order valence-corrected chi connectivity index (χ1v) is 10.7. The quantitative estimate of drug-likeness (QED) is 0.434. The summed E-state index contributed by atoms with van der Waals surface area (Å²) < 4.78 is 0. The van der Waals surface area contributed by atoms with Gasteiger partial charge in [0, 0.05) is 18.9 Å². The van der Waals surface area contributed by atoms with Crippen LogP contribution in [0.4, 0.5) is 5.95 Å². The van der Waals surface area contributed by atoms with Crippen LogP contribution in [-0.4, -0.2) is 33.5 Å². The molecule has 1 atom stereocenters. The van der Waals surface area contributed by atoms with Crippen LogP contribution in [0.3, 0.4) is 0 Å². The molecule has 0 fully saturated rings. The van der Waals surface area contributed by atoms with Crippen LogP contribution < -0.4 is 10.6 Å². The number of benzene rings is 2. The predicted molar refractivity (Wildman–Crippen MR) is 124 cm³/mol. The molecule has 1 unspecified atom stereocenters. The molecule has 0 aliphatic heterocycles. The Kier molecular flexibility index (Phi) is 7.91. The molecule has 0 spiro atoms. The predicted octanol–water partition coefficient (Wildman–Crippen LogP) is 4.55. The number of anilines is 1. The summed E-state index contributed by atoms with van der Waals surface area (Å²) >= 11 is 0. The maximum atomic E-state index is 12.1. The lowest BCUT2D eigenvalue weighted by atomic mass is 9.95. The lowest BCUT2D eigenvalue weighted by molar-refractivity contribution is -0.136. The van der Waals surface area contributed by atoms with Gasteiger partial charge in [-0.1, -0.05) is 68.4 Å². The number of carbonyl (C=O) groups is 2. The highest BCUT2D eigenvalue weighted by Gasteiger charge is 2.16. The van der Waals surface area contributed by atoms with Gasteiger partial charge in [0.25, 0.3) is 5.91 Å². The number of aromatic nitrogens is 2. The minimum atomic E-state index is -0.964. The van der Waals surface area contributed by atoms with E-state index in [1.807, 2.05) is 18.2 Å². The fourth-order valence-corrected chi connectivity index (χ4v) is 3.35. The lowest BCUT2D eigenvalue weighted by Crippen LogP contribution is -2.26. The molecule has 0 radical (unpaired) electrons. The summed E-state index contributed by atoms with van der Waals surface area (Å²) in [4.78, 5) is 31.2. The molecule has 1 aromatic heterocycles. The molecule has 3 rings (SSSR count). The fraction of sp³-hybridized carbons (Fsp3) is 0.280. The third-order valence-corrected chi connectivity index (χ3v) is 4.97. The second-order valence-electron chi connectivity index (χ2n) is 8.01. The molecular weight excluding hydrogens is 404 g/mol. The molecule has 0 aliphatic carbocycles. The second kappa shape index (κ2) is 11.0. The SMILES string of the molecule is CC(C)CC(Nc1ncc(C(=O)NCCC(=O)O)cn1)c1ccc(-c2ccccc2)cc1. The van der Waals surface area contributed by atoms with E-state index in [1.165, 1.54) is 18.0 Å². The van der Waals surface area contributed by atoms with Crippen LogP contribution >= 0.6 is 0 Å². The molecule has 1 amide bonds. The number of aliphatic carboxylic acids is 1. The van der Waals surface area contributed by atoms with Crippen molar-refractivity contribution in [1.29, 1.82) is 0 Å². The molecule has 7 nitrogen and oxygen atoms in total. The Hall–Kier alpha value is -3.74. The summed E-state index contributed by atoms with van der Waals surface area (Å²) in [6.45, 7) is 4.39. The summed E-state index contributed by atoms with van der Waals surface area (Å²) in [5, 5.41) is 14.6. The second-order valence-corrected chi connectivity index (χ2v) is 8.01. The van der Waals surface area contributed by atoms with Crippen LogP contribution in [0.25, 0.3) is 11.1 Å². The zero-order valence-electron chi connectivity index (χ0n) is 18.3. The highest BCUT2D eigenvalue weighted by atomic mass is 16.4. The third kappa shape index (κ3) is 6.63. The van der Waals surface area contributed by atoms with Crippen molar-refractivity contribution < 1.29 is 14.7 Å². The van der Waals surface area contributed by atoms with Crippen molar-refractivity contribution in [3.05, 3.63) is 78.1 Å². The van der Waals surface area contributed by atoms with Crippen molar-refractivity contribution in [1.82, 2.24) is 15.3 Å². The summed E-state index contributed by atoms with van der Waals surface area (Å²) in [7, 11) is 0. The normalized spacial score (nSPS) is 11.7. The van der Waals surface area contributed by atoms with Crippen molar-refractivity contribution in [3.8, 4) is 11.1 Å². The Balaban J connectivity index is 1.69. The molecular formula is C25H28N4O3. The van der Waals surface area contributed by atoms with Crippen molar-refractivity contribution in [2.24, 2.45) is 5.92 Å². The monoisotopic (exact) mass is 432 g/mol. The van der Waals surface area contributed by atoms with E-state index in [2.05, 4.69) is 70.8 Å². The molecule has 2 aromatic carbocycles. The Morgan fingerprint density at radius 1 is 0.938 bits per heavy atom. The van der Waals surface area contributed by atoms with Gasteiger partial charge in [-0.05, 0) is 29.0 Å². The minimum absolute atomic E-state index is 0.0232. The first-order chi connectivity index (χ1) is 15.4. The first-order valence-electron chi connectivity index (χ1n) is 10.7. The highest BCUT2D eigenvalue weighted by molar-refractivity contribution is 5.93. The van der Waals surface area contributed by atoms with E-state index in [1.54, 1.807) is 0 Å². The number of amides is 1. The Morgan fingerprint density at radius 3 is 2.16 bits per heavy atom. The van der Waals surface area contributed by atoms with Crippen LogP contribution in [0, 0.1) is 5.92 Å². The Bertz CT molecular complexity index is 1020. The third-order valence-electron chi connectivity index (χ3n) is 4.97. The van der Waals surface area contributed by atoms with Crippen LogP contribution in [0.2, 0.25) is 0 Å². The van der Waals surface area contributed by atoms with Crippen LogP contribution in [0.5, 0.6) is 0 Å². The zero-order chi connectivity index (χ0) is 22.9. The summed E-state index contributed by atoms with van der Waals surface area (Å²) in [5.41, 5.74) is 3.76. The van der Waals surface area contributed by atoms with Crippen LogP contribution in [-0.2, 0) is 4.79 Å². The molecule has 166 valence electrons. The van der Waals surface area contributed by atoms with Gasteiger partial charge in [-0.2, -0.15) is 0 Å². The number of hydrogen-bond acceptors (Lipinski definition) is 5. The average molecular weight is 433 g/mol. The van der Waals surface area contributed by atoms with E-state index in [-0.39, 0.29) is 24.6 Å². The Labute approximate surface area is 187 Å². The average Bonchev–Trinajstić information content (AvgIpc) is 2.79. The molecule has 3 N–H and O–H groups in total. The molecule has 0 saturated heterocycles.